The molecule has 0 saturated heterocycles. The molecule has 0 amide bonds. The third kappa shape index (κ3) is 5.15. The van der Waals surface area contributed by atoms with Gasteiger partial charge in [0.1, 0.15) is 0 Å². The lowest BCUT2D eigenvalue weighted by molar-refractivity contribution is -0.143. The average molecular weight is 388 g/mol. The third-order valence-corrected chi connectivity index (χ3v) is 5.65. The lowest BCUT2D eigenvalue weighted by atomic mass is 9.76. The Kier molecular flexibility index (Phi) is 7.64. The van der Waals surface area contributed by atoms with Crippen molar-refractivity contribution in [3.05, 3.63) is 77.4 Å². The van der Waals surface area contributed by atoms with Crippen LogP contribution in [0.2, 0.25) is 0 Å². The van der Waals surface area contributed by atoms with E-state index in [9.17, 15) is 10.1 Å². The highest BCUT2D eigenvalue weighted by molar-refractivity contribution is 5.87. The zero-order valence-corrected chi connectivity index (χ0v) is 17.1. The number of allylic oxidation sites excluding steroid dienone is 1. The predicted molar refractivity (Wildman–Crippen MR) is 116 cm³/mol. The zero-order chi connectivity index (χ0) is 20.5. The van der Waals surface area contributed by atoms with Crippen molar-refractivity contribution < 1.29 is 9.53 Å². The molecule has 1 heterocycles. The summed E-state index contributed by atoms with van der Waals surface area (Å²) in [5.41, 5.74) is 2.33. The molecule has 0 aromatic heterocycles. The molecule has 0 N–H and O–H groups in total. The van der Waals surface area contributed by atoms with Crippen molar-refractivity contribution in [2.24, 2.45) is 5.92 Å². The van der Waals surface area contributed by atoms with Gasteiger partial charge in [0, 0.05) is 11.5 Å². The Balaban J connectivity index is 1.90. The number of hydrogen-bond acceptors (Lipinski definition) is 3. The van der Waals surface area contributed by atoms with Gasteiger partial charge in [-0.15, -0.1) is 0 Å². The van der Waals surface area contributed by atoms with Crippen LogP contribution in [0, 0.1) is 17.2 Å². The molecule has 1 aliphatic heterocycles. The number of nitrogens with zero attached hydrogens (tertiary/aromatic N) is 1. The molecule has 2 aromatic carbocycles. The Morgan fingerprint density at radius 1 is 0.897 bits per heavy atom. The van der Waals surface area contributed by atoms with Crippen LogP contribution in [0.5, 0.6) is 0 Å². The minimum Gasteiger partial charge on any atom is -0.425 e. The standard InChI is InChI=1S/C26H29NO2/c1-2-3-4-5-6-13-18-22-24(20-14-9-7-10-15-20)23(19-27)25(29-26(22)28)21-16-11-8-12-17-21/h7-12,14-17,22,24H,2-6,13,18H2,1H3/t22-,24+/m0/s1. The van der Waals surface area contributed by atoms with E-state index in [4.69, 9.17) is 4.74 Å². The number of hydrogen-bond donors (Lipinski definition) is 0. The highest BCUT2D eigenvalue weighted by Crippen LogP contribution is 2.43. The zero-order valence-electron chi connectivity index (χ0n) is 17.1. The largest absolute Gasteiger partial charge is 0.425 e. The molecule has 150 valence electrons. The molecule has 1 aliphatic rings. The highest BCUT2D eigenvalue weighted by atomic mass is 16.5. The summed E-state index contributed by atoms with van der Waals surface area (Å²) in [5.74, 6) is -0.379. The van der Waals surface area contributed by atoms with E-state index < -0.39 is 0 Å². The first-order chi connectivity index (χ1) is 14.3. The van der Waals surface area contributed by atoms with Gasteiger partial charge in [-0.25, -0.2) is 0 Å². The van der Waals surface area contributed by atoms with Crippen LogP contribution in [0.15, 0.2) is 66.2 Å². The van der Waals surface area contributed by atoms with Gasteiger partial charge in [0.05, 0.1) is 17.6 Å². The number of carbonyl (C=O) groups excluding carboxylic acids is 1. The molecular formula is C26H29NO2. The molecule has 0 saturated carbocycles. The van der Waals surface area contributed by atoms with Crippen molar-refractivity contribution in [1.82, 2.24) is 0 Å². The van der Waals surface area contributed by atoms with Gasteiger partial charge in [-0.05, 0) is 12.0 Å². The van der Waals surface area contributed by atoms with E-state index in [1.54, 1.807) is 0 Å². The molecule has 0 spiro atoms. The number of benzene rings is 2. The van der Waals surface area contributed by atoms with E-state index >= 15 is 0 Å². The summed E-state index contributed by atoms with van der Waals surface area (Å²) in [5, 5.41) is 10.0. The fourth-order valence-corrected chi connectivity index (χ4v) is 4.12. The summed E-state index contributed by atoms with van der Waals surface area (Å²) in [6.07, 6.45) is 7.77. The van der Waals surface area contributed by atoms with Crippen LogP contribution in [-0.2, 0) is 9.53 Å². The molecule has 0 fully saturated rings. The maximum atomic E-state index is 13.0. The summed E-state index contributed by atoms with van der Waals surface area (Å²) < 4.78 is 5.75. The van der Waals surface area contributed by atoms with Crippen molar-refractivity contribution in [2.75, 3.05) is 0 Å². The number of carbonyl (C=O) groups is 1. The van der Waals surface area contributed by atoms with Crippen LogP contribution in [-0.4, -0.2) is 5.97 Å². The molecule has 0 aliphatic carbocycles. The van der Waals surface area contributed by atoms with Gasteiger partial charge in [0.25, 0.3) is 0 Å². The van der Waals surface area contributed by atoms with E-state index in [0.717, 1.165) is 30.4 Å². The molecule has 3 rings (SSSR count). The van der Waals surface area contributed by atoms with Crippen LogP contribution < -0.4 is 0 Å². The minimum atomic E-state index is -0.314. The fraction of sp³-hybridized carbons (Fsp3) is 0.385. The summed E-state index contributed by atoms with van der Waals surface area (Å²) in [6.45, 7) is 2.21. The molecule has 0 radical (unpaired) electrons. The van der Waals surface area contributed by atoms with Crippen LogP contribution in [0.25, 0.3) is 5.76 Å². The van der Waals surface area contributed by atoms with Crippen molar-refractivity contribution in [2.45, 2.75) is 57.8 Å². The molecule has 29 heavy (non-hydrogen) atoms. The van der Waals surface area contributed by atoms with Gasteiger partial charge in [0.15, 0.2) is 5.76 Å². The second kappa shape index (κ2) is 10.6. The van der Waals surface area contributed by atoms with Gasteiger partial charge < -0.3 is 4.74 Å². The topological polar surface area (TPSA) is 50.1 Å². The van der Waals surface area contributed by atoms with Crippen molar-refractivity contribution in [3.63, 3.8) is 0 Å². The Morgan fingerprint density at radius 2 is 1.52 bits per heavy atom. The Labute approximate surface area is 174 Å². The summed E-state index contributed by atoms with van der Waals surface area (Å²) in [6, 6.07) is 21.8. The Morgan fingerprint density at radius 3 is 2.17 bits per heavy atom. The molecule has 0 unspecified atom stereocenters. The van der Waals surface area contributed by atoms with Gasteiger partial charge in [0.2, 0.25) is 0 Å². The second-order valence-corrected chi connectivity index (χ2v) is 7.69. The second-order valence-electron chi connectivity index (χ2n) is 7.69. The molecule has 2 aromatic rings. The van der Waals surface area contributed by atoms with Gasteiger partial charge in [-0.2, -0.15) is 5.26 Å². The van der Waals surface area contributed by atoms with E-state index in [1.807, 2.05) is 60.7 Å². The number of cyclic esters (lactones) is 1. The minimum absolute atomic E-state index is 0.217. The van der Waals surface area contributed by atoms with Crippen molar-refractivity contribution >= 4 is 11.7 Å². The first-order valence-electron chi connectivity index (χ1n) is 10.7. The summed E-state index contributed by atoms with van der Waals surface area (Å²) in [4.78, 5) is 13.0. The maximum Gasteiger partial charge on any atom is 0.315 e. The van der Waals surface area contributed by atoms with E-state index in [2.05, 4.69) is 13.0 Å². The predicted octanol–water partition coefficient (Wildman–Crippen LogP) is 6.63. The number of unbranched alkanes of at least 4 members (excludes halogenated alkanes) is 5. The molecule has 3 heteroatoms. The van der Waals surface area contributed by atoms with Crippen molar-refractivity contribution in [3.8, 4) is 6.07 Å². The van der Waals surface area contributed by atoms with Crippen LogP contribution in [0.1, 0.15) is 68.9 Å². The molecule has 0 bridgehead atoms. The smallest absolute Gasteiger partial charge is 0.315 e. The van der Waals surface area contributed by atoms with Gasteiger partial charge in [-0.1, -0.05) is 106 Å². The maximum absolute atomic E-state index is 13.0. The fourth-order valence-electron chi connectivity index (χ4n) is 4.12. The van der Waals surface area contributed by atoms with Crippen LogP contribution in [0.4, 0.5) is 0 Å². The Bertz CT molecular complexity index is 865. The average Bonchev–Trinajstić information content (AvgIpc) is 2.77. The molecular weight excluding hydrogens is 358 g/mol. The molecule has 3 nitrogen and oxygen atoms in total. The normalized spacial score (nSPS) is 19.0. The van der Waals surface area contributed by atoms with E-state index in [0.29, 0.717) is 11.3 Å². The molecule has 2 atom stereocenters. The van der Waals surface area contributed by atoms with Crippen LogP contribution >= 0.6 is 0 Å². The highest BCUT2D eigenvalue weighted by Gasteiger charge is 2.40. The summed E-state index contributed by atoms with van der Waals surface area (Å²) >= 11 is 0. The number of esters is 1. The van der Waals surface area contributed by atoms with Crippen LogP contribution in [0.3, 0.4) is 0 Å². The quantitative estimate of drug-likeness (QED) is 0.358. The van der Waals surface area contributed by atoms with Gasteiger partial charge >= 0.3 is 5.97 Å². The number of nitriles is 1. The SMILES string of the molecule is CCCCCCCC[C@@H]1C(=O)OC(c2ccccc2)=C(C#N)[C@@H]1c1ccccc1. The number of ether oxygens (including phenoxy) is 1. The third-order valence-electron chi connectivity index (χ3n) is 5.65. The lowest BCUT2D eigenvalue weighted by Gasteiger charge is -2.32. The Hall–Kier alpha value is -2.86. The monoisotopic (exact) mass is 387 g/mol. The number of rotatable bonds is 9. The summed E-state index contributed by atoms with van der Waals surface area (Å²) in [7, 11) is 0. The first kappa shape index (κ1) is 20.9. The van der Waals surface area contributed by atoms with Gasteiger partial charge in [-0.3, -0.25) is 4.79 Å². The lowest BCUT2D eigenvalue weighted by Crippen LogP contribution is -2.30. The van der Waals surface area contributed by atoms with E-state index in [1.165, 1.54) is 25.7 Å². The van der Waals surface area contributed by atoms with Crippen molar-refractivity contribution in [1.29, 1.82) is 5.26 Å². The van der Waals surface area contributed by atoms with E-state index in [-0.39, 0.29) is 17.8 Å². The first-order valence-corrected chi connectivity index (χ1v) is 10.7.